The summed E-state index contributed by atoms with van der Waals surface area (Å²) in [6.07, 6.45) is 0. The highest BCUT2D eigenvalue weighted by molar-refractivity contribution is 9.10. The van der Waals surface area contributed by atoms with Crippen molar-refractivity contribution < 1.29 is 9.53 Å². The molecule has 0 saturated carbocycles. The lowest BCUT2D eigenvalue weighted by Crippen LogP contribution is -2.22. The van der Waals surface area contributed by atoms with Crippen LogP contribution in [0.4, 0.5) is 5.69 Å². The molecule has 1 N–H and O–H groups in total. The molecular formula is C16H16BrNO2S. The number of thioether (sulfide) groups is 1. The highest BCUT2D eigenvalue weighted by atomic mass is 79.9. The quantitative estimate of drug-likeness (QED) is 0.788. The van der Waals surface area contributed by atoms with Crippen LogP contribution in [0, 0.1) is 0 Å². The van der Waals surface area contributed by atoms with Crippen molar-refractivity contribution in [1.29, 1.82) is 0 Å². The Hall–Kier alpha value is -1.46. The van der Waals surface area contributed by atoms with E-state index in [0.29, 0.717) is 0 Å². The number of amides is 1. The van der Waals surface area contributed by atoms with Gasteiger partial charge >= 0.3 is 0 Å². The lowest BCUT2D eigenvalue weighted by Gasteiger charge is -2.12. The van der Waals surface area contributed by atoms with Crippen molar-refractivity contribution >= 4 is 39.3 Å². The molecule has 0 spiro atoms. The van der Waals surface area contributed by atoms with E-state index in [9.17, 15) is 4.79 Å². The summed E-state index contributed by atoms with van der Waals surface area (Å²) in [5, 5.41) is 2.73. The Labute approximate surface area is 137 Å². The van der Waals surface area contributed by atoms with Crippen LogP contribution in [0.1, 0.15) is 6.92 Å². The maximum Gasteiger partial charge on any atom is 0.237 e. The first-order valence-electron chi connectivity index (χ1n) is 6.45. The van der Waals surface area contributed by atoms with Gasteiger partial charge in [0.05, 0.1) is 12.4 Å². The molecule has 0 aliphatic heterocycles. The van der Waals surface area contributed by atoms with E-state index >= 15 is 0 Å². The van der Waals surface area contributed by atoms with Crippen LogP contribution in [0.3, 0.4) is 0 Å². The van der Waals surface area contributed by atoms with Gasteiger partial charge in [-0.15, -0.1) is 11.8 Å². The normalized spacial score (nSPS) is 11.8. The summed E-state index contributed by atoms with van der Waals surface area (Å²) in [6.45, 7) is 1.89. The number of hydrogen-bond donors (Lipinski definition) is 1. The Morgan fingerprint density at radius 3 is 2.33 bits per heavy atom. The minimum Gasteiger partial charge on any atom is -0.497 e. The van der Waals surface area contributed by atoms with Gasteiger partial charge < -0.3 is 10.1 Å². The van der Waals surface area contributed by atoms with Crippen molar-refractivity contribution in [2.75, 3.05) is 12.4 Å². The van der Waals surface area contributed by atoms with E-state index < -0.39 is 0 Å². The molecule has 0 heterocycles. The highest BCUT2D eigenvalue weighted by Gasteiger charge is 2.14. The molecule has 1 amide bonds. The largest absolute Gasteiger partial charge is 0.497 e. The van der Waals surface area contributed by atoms with E-state index in [1.54, 1.807) is 7.11 Å². The number of carbonyl (C=O) groups is 1. The van der Waals surface area contributed by atoms with Crippen LogP contribution in [-0.2, 0) is 4.79 Å². The molecule has 0 bridgehead atoms. The second-order valence-corrected chi connectivity index (χ2v) is 6.76. The van der Waals surface area contributed by atoms with Gasteiger partial charge in [0, 0.05) is 15.1 Å². The Balaban J connectivity index is 1.93. The minimum absolute atomic E-state index is 0.0156. The fourth-order valence-corrected chi connectivity index (χ4v) is 2.82. The summed E-state index contributed by atoms with van der Waals surface area (Å²) in [4.78, 5) is 13.2. The average Bonchev–Trinajstić information content (AvgIpc) is 2.50. The average molecular weight is 366 g/mol. The molecule has 2 rings (SSSR count). The molecule has 3 nitrogen and oxygen atoms in total. The summed E-state index contributed by atoms with van der Waals surface area (Å²) in [5.74, 6) is 0.796. The number of nitrogens with one attached hydrogen (secondary N) is 1. The van der Waals surface area contributed by atoms with Gasteiger partial charge in [-0.05, 0) is 55.5 Å². The molecule has 110 valence electrons. The molecule has 0 unspecified atom stereocenters. The van der Waals surface area contributed by atoms with Crippen LogP contribution in [0.5, 0.6) is 5.75 Å². The Bertz CT molecular complexity index is 599. The summed E-state index contributed by atoms with van der Waals surface area (Å²) in [7, 11) is 1.64. The third-order valence-electron chi connectivity index (χ3n) is 2.85. The van der Waals surface area contributed by atoms with Gasteiger partial charge in [0.1, 0.15) is 5.75 Å². The van der Waals surface area contributed by atoms with E-state index in [-0.39, 0.29) is 11.2 Å². The second-order valence-electron chi connectivity index (χ2n) is 4.43. The number of rotatable bonds is 5. The molecule has 0 fully saturated rings. The predicted molar refractivity (Wildman–Crippen MR) is 91.1 cm³/mol. The Morgan fingerprint density at radius 2 is 1.76 bits per heavy atom. The first-order chi connectivity index (χ1) is 10.1. The van der Waals surface area contributed by atoms with Crippen molar-refractivity contribution in [2.45, 2.75) is 17.1 Å². The molecule has 5 heteroatoms. The zero-order chi connectivity index (χ0) is 15.2. The van der Waals surface area contributed by atoms with E-state index in [1.807, 2.05) is 55.5 Å². The lowest BCUT2D eigenvalue weighted by molar-refractivity contribution is -0.115. The van der Waals surface area contributed by atoms with Crippen molar-refractivity contribution in [2.24, 2.45) is 0 Å². The molecule has 0 aromatic heterocycles. The van der Waals surface area contributed by atoms with Gasteiger partial charge in [0.2, 0.25) is 5.91 Å². The third kappa shape index (κ3) is 4.79. The van der Waals surface area contributed by atoms with Gasteiger partial charge in [-0.25, -0.2) is 0 Å². The standard InChI is InChI=1S/C16H16BrNO2S/c1-11(21-15-9-7-14(20-2)8-10-15)16(19)18-13-5-3-12(17)4-6-13/h3-11H,1-2H3,(H,18,19)/t11-/m1/s1. The Morgan fingerprint density at radius 1 is 1.14 bits per heavy atom. The van der Waals surface area contributed by atoms with Crippen molar-refractivity contribution in [1.82, 2.24) is 0 Å². The number of ether oxygens (including phenoxy) is 1. The zero-order valence-corrected chi connectivity index (χ0v) is 14.2. The van der Waals surface area contributed by atoms with Crippen LogP contribution in [0.15, 0.2) is 57.9 Å². The molecule has 2 aromatic rings. The molecule has 0 saturated heterocycles. The number of halogens is 1. The first-order valence-corrected chi connectivity index (χ1v) is 8.13. The van der Waals surface area contributed by atoms with E-state index in [0.717, 1.165) is 20.8 Å². The molecule has 21 heavy (non-hydrogen) atoms. The van der Waals surface area contributed by atoms with Crippen LogP contribution in [0.25, 0.3) is 0 Å². The number of anilines is 1. The zero-order valence-electron chi connectivity index (χ0n) is 11.8. The minimum atomic E-state index is -0.179. The van der Waals surface area contributed by atoms with Crippen LogP contribution >= 0.6 is 27.7 Å². The molecular weight excluding hydrogens is 350 g/mol. The van der Waals surface area contributed by atoms with Gasteiger partial charge in [-0.3, -0.25) is 4.79 Å². The number of benzene rings is 2. The van der Waals surface area contributed by atoms with Crippen molar-refractivity contribution in [3.8, 4) is 5.75 Å². The molecule has 1 atom stereocenters. The van der Waals surface area contributed by atoms with Crippen LogP contribution in [0.2, 0.25) is 0 Å². The van der Waals surface area contributed by atoms with Crippen LogP contribution < -0.4 is 10.1 Å². The second kappa shape index (κ2) is 7.52. The SMILES string of the molecule is COc1ccc(S[C@H](C)C(=O)Nc2ccc(Br)cc2)cc1. The van der Waals surface area contributed by atoms with Gasteiger partial charge in [0.25, 0.3) is 0 Å². The van der Waals surface area contributed by atoms with Crippen molar-refractivity contribution in [3.63, 3.8) is 0 Å². The van der Waals surface area contributed by atoms with Crippen molar-refractivity contribution in [3.05, 3.63) is 53.0 Å². The fraction of sp³-hybridized carbons (Fsp3) is 0.188. The maximum atomic E-state index is 12.2. The number of methoxy groups -OCH3 is 1. The molecule has 2 aromatic carbocycles. The molecule has 0 aliphatic rings. The van der Waals surface area contributed by atoms with Crippen LogP contribution in [-0.4, -0.2) is 18.3 Å². The highest BCUT2D eigenvalue weighted by Crippen LogP contribution is 2.26. The number of hydrogen-bond acceptors (Lipinski definition) is 3. The summed E-state index contributed by atoms with van der Waals surface area (Å²) < 4.78 is 6.11. The van der Waals surface area contributed by atoms with E-state index in [2.05, 4.69) is 21.2 Å². The monoisotopic (exact) mass is 365 g/mol. The number of carbonyl (C=O) groups excluding carboxylic acids is 1. The maximum absolute atomic E-state index is 12.2. The third-order valence-corrected chi connectivity index (χ3v) is 4.49. The molecule has 0 aliphatic carbocycles. The molecule has 0 radical (unpaired) electrons. The van der Waals surface area contributed by atoms with Gasteiger partial charge in [-0.2, -0.15) is 0 Å². The summed E-state index contributed by atoms with van der Waals surface area (Å²) >= 11 is 4.89. The van der Waals surface area contributed by atoms with E-state index in [1.165, 1.54) is 11.8 Å². The fourth-order valence-electron chi connectivity index (χ4n) is 1.69. The summed E-state index contributed by atoms with van der Waals surface area (Å²) in [5.41, 5.74) is 0.797. The Kier molecular flexibility index (Phi) is 5.70. The first kappa shape index (κ1) is 15.9. The summed E-state index contributed by atoms with van der Waals surface area (Å²) in [6, 6.07) is 15.2. The van der Waals surface area contributed by atoms with Gasteiger partial charge in [0.15, 0.2) is 0 Å². The topological polar surface area (TPSA) is 38.3 Å². The lowest BCUT2D eigenvalue weighted by atomic mass is 10.3. The smallest absolute Gasteiger partial charge is 0.237 e. The van der Waals surface area contributed by atoms with Gasteiger partial charge in [-0.1, -0.05) is 15.9 Å². The van der Waals surface area contributed by atoms with E-state index in [4.69, 9.17) is 4.74 Å². The predicted octanol–water partition coefficient (Wildman–Crippen LogP) is 4.58.